The molecule has 0 aliphatic rings. The number of para-hydroxylation sites is 1. The first-order valence-corrected chi connectivity index (χ1v) is 10.4. The molecule has 0 radical (unpaired) electrons. The lowest BCUT2D eigenvalue weighted by molar-refractivity contribution is -0.0214. The topological polar surface area (TPSA) is 87.1 Å². The Kier molecular flexibility index (Phi) is 6.92. The Balaban J connectivity index is 1.65. The van der Waals surface area contributed by atoms with Crippen LogP contribution in [0.3, 0.4) is 0 Å². The third-order valence-corrected chi connectivity index (χ3v) is 5.43. The lowest BCUT2D eigenvalue weighted by Crippen LogP contribution is -2.25. The van der Waals surface area contributed by atoms with Crippen LogP contribution in [0, 0.1) is 6.92 Å². The predicted octanol–water partition coefficient (Wildman–Crippen LogP) is 3.31. The molecule has 0 saturated carbocycles. The summed E-state index contributed by atoms with van der Waals surface area (Å²) < 4.78 is 34.9. The van der Waals surface area contributed by atoms with Crippen molar-refractivity contribution in [3.8, 4) is 0 Å². The van der Waals surface area contributed by atoms with Crippen molar-refractivity contribution >= 4 is 27.2 Å². The number of hydrogen-bond donors (Lipinski definition) is 0. The summed E-state index contributed by atoms with van der Waals surface area (Å²) >= 11 is 0. The van der Waals surface area contributed by atoms with E-state index in [4.69, 9.17) is 13.8 Å². The summed E-state index contributed by atoms with van der Waals surface area (Å²) in [6, 6.07) is 16.0. The van der Waals surface area contributed by atoms with Crippen LogP contribution in [-0.4, -0.2) is 46.0 Å². The first-order valence-electron chi connectivity index (χ1n) is 8.97. The van der Waals surface area contributed by atoms with Gasteiger partial charge in [0.2, 0.25) is 0 Å². The van der Waals surface area contributed by atoms with E-state index in [9.17, 15) is 8.42 Å². The summed E-state index contributed by atoms with van der Waals surface area (Å²) in [6.07, 6.45) is 2.55. The summed E-state index contributed by atoms with van der Waals surface area (Å²) in [5, 5.41) is 4.96. The normalized spacial score (nSPS) is 13.0. The molecule has 1 heterocycles. The SMILES string of the molecule is COC[C@H](COS(=O)(=O)c1ccc(C)cc1)O/N=C/c1cccc2cccnc12. The highest BCUT2D eigenvalue weighted by Crippen LogP contribution is 2.15. The second-order valence-corrected chi connectivity index (χ2v) is 8.01. The van der Waals surface area contributed by atoms with Gasteiger partial charge < -0.3 is 9.57 Å². The molecule has 0 unspecified atom stereocenters. The van der Waals surface area contributed by atoms with Crippen LogP contribution >= 0.6 is 0 Å². The molecule has 3 aromatic rings. The van der Waals surface area contributed by atoms with Crippen LogP contribution in [0.1, 0.15) is 11.1 Å². The lowest BCUT2D eigenvalue weighted by Gasteiger charge is -2.14. The van der Waals surface area contributed by atoms with E-state index in [1.807, 2.05) is 37.3 Å². The van der Waals surface area contributed by atoms with E-state index in [-0.39, 0.29) is 18.1 Å². The Hall–Kier alpha value is -2.81. The number of benzene rings is 2. The summed E-state index contributed by atoms with van der Waals surface area (Å²) in [5.41, 5.74) is 2.54. The number of oxime groups is 1. The van der Waals surface area contributed by atoms with Crippen molar-refractivity contribution in [2.24, 2.45) is 5.16 Å². The van der Waals surface area contributed by atoms with Gasteiger partial charge in [0.25, 0.3) is 10.1 Å². The molecule has 152 valence electrons. The van der Waals surface area contributed by atoms with Crippen LogP contribution in [0.25, 0.3) is 10.9 Å². The van der Waals surface area contributed by atoms with E-state index >= 15 is 0 Å². The molecule has 7 nitrogen and oxygen atoms in total. The standard InChI is InChI=1S/C21H22N2O5S/c1-16-8-10-20(11-9-16)29(24,25)27-15-19(14-26-2)28-23-13-18-6-3-5-17-7-4-12-22-21(17)18/h3-13,19H,14-15H2,1-2H3/b23-13+/t19-/m1/s1. The van der Waals surface area contributed by atoms with Gasteiger partial charge >= 0.3 is 0 Å². The minimum absolute atomic E-state index is 0.0876. The third kappa shape index (κ3) is 5.60. The largest absolute Gasteiger partial charge is 0.387 e. The fourth-order valence-corrected chi connectivity index (χ4v) is 3.58. The van der Waals surface area contributed by atoms with E-state index in [0.717, 1.165) is 22.0 Å². The molecule has 2 aromatic carbocycles. The molecule has 0 aliphatic heterocycles. The molecule has 0 bridgehead atoms. The average Bonchev–Trinajstić information content (AvgIpc) is 2.72. The zero-order chi connectivity index (χ0) is 20.7. The molecule has 0 aliphatic carbocycles. The fourth-order valence-electron chi connectivity index (χ4n) is 2.64. The Morgan fingerprint density at radius 1 is 1.07 bits per heavy atom. The van der Waals surface area contributed by atoms with Crippen LogP contribution in [0.2, 0.25) is 0 Å². The summed E-state index contributed by atoms with van der Waals surface area (Å²) in [6.45, 7) is 1.77. The lowest BCUT2D eigenvalue weighted by atomic mass is 10.1. The first kappa shape index (κ1) is 20.9. The van der Waals surface area contributed by atoms with E-state index in [0.29, 0.717) is 0 Å². The Labute approximate surface area is 170 Å². The van der Waals surface area contributed by atoms with E-state index < -0.39 is 16.2 Å². The van der Waals surface area contributed by atoms with Gasteiger partial charge in [-0.2, -0.15) is 8.42 Å². The third-order valence-electron chi connectivity index (χ3n) is 4.14. The number of methoxy groups -OCH3 is 1. The summed E-state index contributed by atoms with van der Waals surface area (Å²) in [7, 11) is -2.40. The van der Waals surface area contributed by atoms with Crippen molar-refractivity contribution in [3.05, 3.63) is 71.9 Å². The van der Waals surface area contributed by atoms with Gasteiger partial charge in [0.05, 0.1) is 23.2 Å². The molecule has 0 N–H and O–H groups in total. The summed E-state index contributed by atoms with van der Waals surface area (Å²) in [4.78, 5) is 9.85. The molecule has 1 atom stereocenters. The zero-order valence-electron chi connectivity index (χ0n) is 16.2. The molecule has 3 rings (SSSR count). The molecule has 0 amide bonds. The van der Waals surface area contributed by atoms with Gasteiger partial charge in [-0.3, -0.25) is 9.17 Å². The van der Waals surface area contributed by atoms with Gasteiger partial charge in [-0.05, 0) is 25.1 Å². The second kappa shape index (κ2) is 9.60. The number of ether oxygens (including phenoxy) is 1. The fraction of sp³-hybridized carbons (Fsp3) is 0.238. The maximum absolute atomic E-state index is 12.3. The number of fused-ring (bicyclic) bond motifs is 1. The molecule has 29 heavy (non-hydrogen) atoms. The zero-order valence-corrected chi connectivity index (χ0v) is 17.0. The Bertz CT molecular complexity index is 1080. The van der Waals surface area contributed by atoms with Crippen molar-refractivity contribution in [2.45, 2.75) is 17.9 Å². The molecular formula is C21H22N2O5S. The van der Waals surface area contributed by atoms with Crippen molar-refractivity contribution in [1.29, 1.82) is 0 Å². The number of pyridine rings is 1. The van der Waals surface area contributed by atoms with Crippen LogP contribution in [-0.2, 0) is 23.9 Å². The van der Waals surface area contributed by atoms with Crippen molar-refractivity contribution in [1.82, 2.24) is 4.98 Å². The van der Waals surface area contributed by atoms with Crippen molar-refractivity contribution in [2.75, 3.05) is 20.3 Å². The van der Waals surface area contributed by atoms with Crippen LogP contribution in [0.5, 0.6) is 0 Å². The molecule has 8 heteroatoms. The smallest absolute Gasteiger partial charge is 0.297 e. The first-order chi connectivity index (χ1) is 14.0. The highest BCUT2D eigenvalue weighted by atomic mass is 32.2. The molecule has 1 aromatic heterocycles. The van der Waals surface area contributed by atoms with Gasteiger partial charge in [0, 0.05) is 24.3 Å². The monoisotopic (exact) mass is 414 g/mol. The van der Waals surface area contributed by atoms with Gasteiger partial charge in [0.15, 0.2) is 6.10 Å². The number of rotatable bonds is 9. The minimum atomic E-state index is -3.89. The molecule has 0 fully saturated rings. The van der Waals surface area contributed by atoms with Gasteiger partial charge in [-0.15, -0.1) is 0 Å². The van der Waals surface area contributed by atoms with Crippen LogP contribution < -0.4 is 0 Å². The molecular weight excluding hydrogens is 392 g/mol. The predicted molar refractivity (Wildman–Crippen MR) is 110 cm³/mol. The highest BCUT2D eigenvalue weighted by Gasteiger charge is 2.19. The van der Waals surface area contributed by atoms with Crippen molar-refractivity contribution < 1.29 is 22.2 Å². The van der Waals surface area contributed by atoms with Crippen LogP contribution in [0.4, 0.5) is 0 Å². The maximum atomic E-state index is 12.3. The van der Waals surface area contributed by atoms with Gasteiger partial charge in [-0.25, -0.2) is 0 Å². The quantitative estimate of drug-likeness (QED) is 0.303. The molecule has 0 saturated heterocycles. The molecule has 0 spiro atoms. The van der Waals surface area contributed by atoms with E-state index in [1.165, 1.54) is 25.5 Å². The van der Waals surface area contributed by atoms with Gasteiger partial charge in [-0.1, -0.05) is 47.1 Å². The Morgan fingerprint density at radius 2 is 1.83 bits per heavy atom. The van der Waals surface area contributed by atoms with Crippen LogP contribution in [0.15, 0.2) is 70.8 Å². The minimum Gasteiger partial charge on any atom is -0.387 e. The number of aryl methyl sites for hydroxylation is 1. The number of aromatic nitrogens is 1. The van der Waals surface area contributed by atoms with Crippen molar-refractivity contribution in [3.63, 3.8) is 0 Å². The Morgan fingerprint density at radius 3 is 2.59 bits per heavy atom. The number of hydrogen-bond acceptors (Lipinski definition) is 7. The second-order valence-electron chi connectivity index (χ2n) is 6.39. The van der Waals surface area contributed by atoms with E-state index in [2.05, 4.69) is 10.1 Å². The average molecular weight is 414 g/mol. The summed E-state index contributed by atoms with van der Waals surface area (Å²) in [5.74, 6) is 0. The maximum Gasteiger partial charge on any atom is 0.297 e. The van der Waals surface area contributed by atoms with E-state index in [1.54, 1.807) is 18.3 Å². The highest BCUT2D eigenvalue weighted by molar-refractivity contribution is 7.86. The van der Waals surface area contributed by atoms with Gasteiger partial charge in [0.1, 0.15) is 6.61 Å². The number of nitrogens with zero attached hydrogens (tertiary/aromatic N) is 2.